The molecule has 0 saturated heterocycles. The number of pyridine rings is 1. The molecule has 39 heavy (non-hydrogen) atoms. The largest absolute Gasteiger partial charge is 0.486 e. The van der Waals surface area contributed by atoms with E-state index >= 15 is 0 Å². The van der Waals surface area contributed by atoms with E-state index in [9.17, 15) is 9.59 Å². The Kier molecular flexibility index (Phi) is 7.11. The minimum Gasteiger partial charge on any atom is -0.486 e. The second-order valence-electron chi connectivity index (χ2n) is 10.2. The van der Waals surface area contributed by atoms with Crippen molar-refractivity contribution in [1.29, 1.82) is 0 Å². The van der Waals surface area contributed by atoms with Crippen molar-refractivity contribution in [2.24, 2.45) is 5.92 Å². The highest BCUT2D eigenvalue weighted by Crippen LogP contribution is 2.41. The van der Waals surface area contributed by atoms with E-state index in [1.807, 2.05) is 18.2 Å². The number of amides is 2. The normalized spacial score (nSPS) is 16.4. The van der Waals surface area contributed by atoms with Gasteiger partial charge in [-0.25, -0.2) is 4.98 Å². The molecule has 1 aliphatic heterocycles. The van der Waals surface area contributed by atoms with Gasteiger partial charge in [-0.1, -0.05) is 35.9 Å². The zero-order chi connectivity index (χ0) is 26.8. The monoisotopic (exact) mass is 538 g/mol. The molecule has 7 nitrogen and oxygen atoms in total. The molecule has 8 heteroatoms. The second-order valence-corrected chi connectivity index (χ2v) is 11.1. The third-order valence-corrected chi connectivity index (χ3v) is 8.12. The third kappa shape index (κ3) is 5.71. The zero-order valence-corrected chi connectivity index (χ0v) is 22.6. The maximum Gasteiger partial charge on any atom is 0.271 e. The third-order valence-electron chi connectivity index (χ3n) is 7.30. The summed E-state index contributed by atoms with van der Waals surface area (Å²) in [6.07, 6.45) is 6.21. The van der Waals surface area contributed by atoms with Crippen molar-refractivity contribution in [2.75, 3.05) is 6.54 Å². The fraction of sp³-hybridized carbons (Fsp3) is 0.290. The van der Waals surface area contributed by atoms with Gasteiger partial charge in [-0.2, -0.15) is 0 Å². The predicted octanol–water partition coefficient (Wildman–Crippen LogP) is 5.24. The minimum atomic E-state index is -0.218. The smallest absolute Gasteiger partial charge is 0.271 e. The van der Waals surface area contributed by atoms with Gasteiger partial charge in [0, 0.05) is 36.8 Å². The number of hydrogen-bond acceptors (Lipinski definition) is 6. The lowest BCUT2D eigenvalue weighted by Crippen LogP contribution is -2.41. The van der Waals surface area contributed by atoms with Gasteiger partial charge in [-0.05, 0) is 72.7 Å². The number of nitrogens with one attached hydrogen (secondary N) is 1. The molecule has 0 bridgehead atoms. The number of carbonyl (C=O) groups excluding carboxylic acids is 2. The molecule has 1 fully saturated rings. The lowest BCUT2D eigenvalue weighted by molar-refractivity contribution is -0.134. The van der Waals surface area contributed by atoms with Crippen LogP contribution in [0, 0.1) is 12.8 Å². The van der Waals surface area contributed by atoms with E-state index in [-0.39, 0.29) is 30.4 Å². The maximum absolute atomic E-state index is 13.3. The Morgan fingerprint density at radius 1 is 1.08 bits per heavy atom. The summed E-state index contributed by atoms with van der Waals surface area (Å²) in [5, 5.41) is 5.37. The summed E-state index contributed by atoms with van der Waals surface area (Å²) in [7, 11) is 0. The molecule has 1 unspecified atom stereocenters. The average molecular weight is 539 g/mol. The fourth-order valence-corrected chi connectivity index (χ4v) is 5.68. The summed E-state index contributed by atoms with van der Waals surface area (Å²) in [6, 6.07) is 18.3. The first-order valence-electron chi connectivity index (χ1n) is 13.3. The summed E-state index contributed by atoms with van der Waals surface area (Å²) >= 11 is 1.40. The van der Waals surface area contributed by atoms with E-state index in [0.29, 0.717) is 12.2 Å². The zero-order valence-electron chi connectivity index (χ0n) is 21.8. The van der Waals surface area contributed by atoms with Gasteiger partial charge in [-0.3, -0.25) is 14.6 Å². The number of thiazole rings is 1. The lowest BCUT2D eigenvalue weighted by atomic mass is 9.87. The Labute approximate surface area is 231 Å². The van der Waals surface area contributed by atoms with Gasteiger partial charge in [-0.15, -0.1) is 11.3 Å². The van der Waals surface area contributed by atoms with Crippen molar-refractivity contribution in [2.45, 2.75) is 45.4 Å². The van der Waals surface area contributed by atoms with Crippen LogP contribution in [-0.2, 0) is 24.4 Å². The predicted molar refractivity (Wildman–Crippen MR) is 149 cm³/mol. The topological polar surface area (TPSA) is 84.4 Å². The van der Waals surface area contributed by atoms with Crippen molar-refractivity contribution in [1.82, 2.24) is 20.2 Å². The number of hydrogen-bond donors (Lipinski definition) is 1. The number of rotatable bonds is 8. The summed E-state index contributed by atoms with van der Waals surface area (Å²) < 4.78 is 6.15. The Morgan fingerprint density at radius 2 is 1.87 bits per heavy atom. The number of benzene rings is 2. The highest BCUT2D eigenvalue weighted by molar-refractivity contribution is 7.09. The Balaban J connectivity index is 1.17. The quantitative estimate of drug-likeness (QED) is 0.332. The van der Waals surface area contributed by atoms with E-state index in [4.69, 9.17) is 4.74 Å². The van der Waals surface area contributed by atoms with Crippen LogP contribution < -0.4 is 10.1 Å². The van der Waals surface area contributed by atoms with Gasteiger partial charge in [0.1, 0.15) is 23.1 Å². The van der Waals surface area contributed by atoms with Crippen molar-refractivity contribution >= 4 is 23.2 Å². The van der Waals surface area contributed by atoms with Gasteiger partial charge in [0.05, 0.1) is 6.04 Å². The molecule has 1 saturated carbocycles. The number of carbonyl (C=O) groups is 2. The summed E-state index contributed by atoms with van der Waals surface area (Å²) in [4.78, 5) is 36.3. The van der Waals surface area contributed by atoms with Crippen molar-refractivity contribution < 1.29 is 14.3 Å². The van der Waals surface area contributed by atoms with Gasteiger partial charge in [0.15, 0.2) is 0 Å². The molecule has 4 aromatic rings. The van der Waals surface area contributed by atoms with Crippen molar-refractivity contribution in [3.8, 4) is 5.75 Å². The number of nitrogens with zero attached hydrogens (tertiary/aromatic N) is 3. The molecule has 1 aliphatic carbocycles. The van der Waals surface area contributed by atoms with E-state index in [1.54, 1.807) is 17.8 Å². The molecule has 0 spiro atoms. The Bertz CT molecular complexity index is 1480. The highest BCUT2D eigenvalue weighted by Gasteiger charge is 2.39. The number of aromatic nitrogens is 2. The van der Waals surface area contributed by atoms with Crippen LogP contribution in [0.5, 0.6) is 5.75 Å². The first-order valence-corrected chi connectivity index (χ1v) is 14.2. The van der Waals surface area contributed by atoms with Crippen LogP contribution >= 0.6 is 11.3 Å². The first-order chi connectivity index (χ1) is 19.0. The van der Waals surface area contributed by atoms with E-state index < -0.39 is 0 Å². The summed E-state index contributed by atoms with van der Waals surface area (Å²) in [5.74, 6) is 0.935. The molecule has 6 rings (SSSR count). The van der Waals surface area contributed by atoms with E-state index in [2.05, 4.69) is 63.5 Å². The molecule has 2 aliphatic rings. The van der Waals surface area contributed by atoms with Crippen LogP contribution in [0.2, 0.25) is 0 Å². The molecule has 2 aromatic heterocycles. The molecule has 2 aromatic carbocycles. The van der Waals surface area contributed by atoms with Crippen LogP contribution in [-0.4, -0.2) is 33.2 Å². The van der Waals surface area contributed by atoms with E-state index in [0.717, 1.165) is 53.3 Å². The molecular formula is C31H30N4O3S. The molecule has 198 valence electrons. The van der Waals surface area contributed by atoms with Crippen molar-refractivity contribution in [3.05, 3.63) is 111 Å². The van der Waals surface area contributed by atoms with Crippen LogP contribution in [0.1, 0.15) is 62.2 Å². The van der Waals surface area contributed by atoms with Crippen LogP contribution in [0.4, 0.5) is 0 Å². The SMILES string of the molecule is Cc1ccc(C2c3cc(OCc4nc(C(=O)NCc5ccncc5)cs4)ccc3CCN2C(=O)C2CC2)cc1. The van der Waals surface area contributed by atoms with Gasteiger partial charge >= 0.3 is 0 Å². The second kappa shape index (κ2) is 11.0. The standard InChI is InChI=1S/C31H30N4O3S/c1-20-2-4-23(5-3-20)29-26-16-25(9-8-22(26)12-15-35(29)31(37)24-6-7-24)38-18-28-34-27(19-39-28)30(36)33-17-21-10-13-32-14-11-21/h2-5,8-11,13-14,16,19,24,29H,6-7,12,15,17-18H2,1H3,(H,33,36). The highest BCUT2D eigenvalue weighted by atomic mass is 32.1. The van der Waals surface area contributed by atoms with Crippen LogP contribution in [0.25, 0.3) is 0 Å². The van der Waals surface area contributed by atoms with E-state index in [1.165, 1.54) is 22.5 Å². The molecule has 3 heterocycles. The molecule has 1 atom stereocenters. The number of ether oxygens (including phenoxy) is 1. The summed E-state index contributed by atoms with van der Waals surface area (Å²) in [6.45, 7) is 3.49. The van der Waals surface area contributed by atoms with Crippen LogP contribution in [0.3, 0.4) is 0 Å². The molecule has 0 radical (unpaired) electrons. The van der Waals surface area contributed by atoms with Gasteiger partial charge in [0.25, 0.3) is 5.91 Å². The Hall–Kier alpha value is -4.04. The number of fused-ring (bicyclic) bond motifs is 1. The number of aryl methyl sites for hydroxylation is 1. The van der Waals surface area contributed by atoms with Crippen molar-refractivity contribution in [3.63, 3.8) is 0 Å². The Morgan fingerprint density at radius 3 is 2.64 bits per heavy atom. The van der Waals surface area contributed by atoms with Crippen LogP contribution in [0.15, 0.2) is 72.4 Å². The maximum atomic E-state index is 13.3. The first kappa shape index (κ1) is 25.2. The van der Waals surface area contributed by atoms with Gasteiger partial charge in [0.2, 0.25) is 5.91 Å². The lowest BCUT2D eigenvalue weighted by Gasteiger charge is -2.38. The average Bonchev–Trinajstić information content (AvgIpc) is 3.72. The van der Waals surface area contributed by atoms with Gasteiger partial charge < -0.3 is 15.0 Å². The minimum absolute atomic E-state index is 0.124. The molecule has 1 N–H and O–H groups in total. The summed E-state index contributed by atoms with van der Waals surface area (Å²) in [5.41, 5.74) is 6.04. The molecular weight excluding hydrogens is 508 g/mol. The fourth-order valence-electron chi connectivity index (χ4n) is 4.99. The molecule has 2 amide bonds.